The molecule has 7 heteroatoms. The van der Waals surface area contributed by atoms with Crippen molar-refractivity contribution in [3.8, 4) is 5.75 Å². The molecule has 0 aliphatic carbocycles. The van der Waals surface area contributed by atoms with Crippen molar-refractivity contribution < 1.29 is 19.8 Å². The minimum atomic E-state index is -1.20. The molecule has 0 radical (unpaired) electrons. The van der Waals surface area contributed by atoms with E-state index in [4.69, 9.17) is 21.7 Å². The molecule has 0 unspecified atom stereocenters. The van der Waals surface area contributed by atoms with Crippen LogP contribution in [0.3, 0.4) is 0 Å². The molecule has 7 N–H and O–H groups in total. The quantitative estimate of drug-likeness (QED) is 0.438. The normalized spacial score (nSPS) is 13.6. The number of carbonyl (C=O) groups is 2. The van der Waals surface area contributed by atoms with Crippen molar-refractivity contribution in [3.05, 3.63) is 29.8 Å². The number of carboxylic acid groups (broad SMARTS) is 1. The maximum atomic E-state index is 11.7. The summed E-state index contributed by atoms with van der Waals surface area (Å²) < 4.78 is 0. The Morgan fingerprint density at radius 1 is 1.26 bits per heavy atom. The van der Waals surface area contributed by atoms with E-state index in [1.165, 1.54) is 12.1 Å². The summed E-state index contributed by atoms with van der Waals surface area (Å²) >= 11 is 0. The van der Waals surface area contributed by atoms with Gasteiger partial charge < -0.3 is 27.0 Å². The number of phenolic OH excluding ortho intramolecular Hbond substituents is 1. The molecule has 7 nitrogen and oxygen atoms in total. The van der Waals surface area contributed by atoms with E-state index in [1.807, 2.05) is 0 Å². The highest BCUT2D eigenvalue weighted by atomic mass is 16.4. The van der Waals surface area contributed by atoms with Crippen molar-refractivity contribution in [2.45, 2.75) is 18.5 Å². The van der Waals surface area contributed by atoms with Gasteiger partial charge in [0.2, 0.25) is 5.91 Å². The van der Waals surface area contributed by atoms with Gasteiger partial charge in [0.05, 0.1) is 6.04 Å². The SMILES string of the molecule is NC[C@@H](NC(=O)[C@@H](N)Cc1ccc(O)cc1)C(=O)O. The van der Waals surface area contributed by atoms with Crippen molar-refractivity contribution in [2.75, 3.05) is 6.54 Å². The van der Waals surface area contributed by atoms with Gasteiger partial charge in [-0.2, -0.15) is 0 Å². The first-order valence-corrected chi connectivity index (χ1v) is 5.70. The first-order chi connectivity index (χ1) is 8.93. The van der Waals surface area contributed by atoms with Crippen LogP contribution in [0.4, 0.5) is 0 Å². The van der Waals surface area contributed by atoms with Crippen molar-refractivity contribution in [3.63, 3.8) is 0 Å². The molecule has 0 saturated carbocycles. The van der Waals surface area contributed by atoms with Crippen LogP contribution in [-0.4, -0.2) is 40.7 Å². The lowest BCUT2D eigenvalue weighted by molar-refractivity contribution is -0.141. The van der Waals surface area contributed by atoms with Crippen LogP contribution in [0.15, 0.2) is 24.3 Å². The number of aliphatic carboxylic acids is 1. The van der Waals surface area contributed by atoms with Gasteiger partial charge in [-0.15, -0.1) is 0 Å². The summed E-state index contributed by atoms with van der Waals surface area (Å²) in [6, 6.07) is 4.23. The predicted octanol–water partition coefficient (Wildman–Crippen LogP) is -1.21. The van der Waals surface area contributed by atoms with Crippen molar-refractivity contribution in [1.82, 2.24) is 5.32 Å². The number of benzene rings is 1. The van der Waals surface area contributed by atoms with Gasteiger partial charge in [-0.1, -0.05) is 12.1 Å². The Bertz CT molecular complexity index is 447. The first kappa shape index (κ1) is 14.9. The van der Waals surface area contributed by atoms with E-state index >= 15 is 0 Å². The fourth-order valence-electron chi connectivity index (χ4n) is 1.48. The highest BCUT2D eigenvalue weighted by molar-refractivity contribution is 5.87. The lowest BCUT2D eigenvalue weighted by atomic mass is 10.1. The molecule has 19 heavy (non-hydrogen) atoms. The summed E-state index contributed by atoms with van der Waals surface area (Å²) in [6.07, 6.45) is 0.239. The lowest BCUT2D eigenvalue weighted by Gasteiger charge is -2.16. The van der Waals surface area contributed by atoms with Crippen LogP contribution in [0.1, 0.15) is 5.56 Å². The summed E-state index contributed by atoms with van der Waals surface area (Å²) in [5.74, 6) is -1.66. The number of hydrogen-bond donors (Lipinski definition) is 5. The summed E-state index contributed by atoms with van der Waals surface area (Å²) in [4.78, 5) is 22.4. The average Bonchev–Trinajstić information content (AvgIpc) is 2.37. The van der Waals surface area contributed by atoms with E-state index in [9.17, 15) is 9.59 Å². The molecular weight excluding hydrogens is 250 g/mol. The van der Waals surface area contributed by atoms with Crippen LogP contribution in [0.2, 0.25) is 0 Å². The number of carboxylic acids is 1. The van der Waals surface area contributed by atoms with Crippen LogP contribution in [-0.2, 0) is 16.0 Å². The smallest absolute Gasteiger partial charge is 0.327 e. The molecule has 0 heterocycles. The number of carbonyl (C=O) groups excluding carboxylic acids is 1. The molecule has 0 fully saturated rings. The van der Waals surface area contributed by atoms with Gasteiger partial charge >= 0.3 is 5.97 Å². The third kappa shape index (κ3) is 4.57. The largest absolute Gasteiger partial charge is 0.508 e. The fraction of sp³-hybridized carbons (Fsp3) is 0.333. The summed E-state index contributed by atoms with van der Waals surface area (Å²) in [7, 11) is 0. The first-order valence-electron chi connectivity index (χ1n) is 5.70. The number of nitrogens with one attached hydrogen (secondary N) is 1. The van der Waals surface area contributed by atoms with Crippen molar-refractivity contribution in [1.29, 1.82) is 0 Å². The van der Waals surface area contributed by atoms with Crippen LogP contribution < -0.4 is 16.8 Å². The minimum Gasteiger partial charge on any atom is -0.508 e. The van der Waals surface area contributed by atoms with Gasteiger partial charge in [-0.25, -0.2) is 4.79 Å². The van der Waals surface area contributed by atoms with Crippen LogP contribution >= 0.6 is 0 Å². The standard InChI is InChI=1S/C12H17N3O4/c13-6-10(12(18)19)15-11(17)9(14)5-7-1-3-8(16)4-2-7/h1-4,9-10,16H,5-6,13-14H2,(H,15,17)(H,18,19)/t9-,10+/m0/s1. The van der Waals surface area contributed by atoms with Crippen molar-refractivity contribution in [2.24, 2.45) is 11.5 Å². The van der Waals surface area contributed by atoms with E-state index in [-0.39, 0.29) is 18.7 Å². The molecule has 1 aromatic carbocycles. The molecule has 0 spiro atoms. The number of aromatic hydroxyl groups is 1. The molecule has 1 amide bonds. The maximum absolute atomic E-state index is 11.7. The van der Waals surface area contributed by atoms with Crippen molar-refractivity contribution >= 4 is 11.9 Å². The molecule has 1 aromatic rings. The molecule has 2 atom stereocenters. The molecule has 0 aliphatic heterocycles. The molecule has 104 valence electrons. The number of rotatable bonds is 6. The third-order valence-electron chi connectivity index (χ3n) is 2.58. The lowest BCUT2D eigenvalue weighted by Crippen LogP contribution is -2.51. The van der Waals surface area contributed by atoms with E-state index in [1.54, 1.807) is 12.1 Å². The van der Waals surface area contributed by atoms with Crippen LogP contribution in [0, 0.1) is 0 Å². The maximum Gasteiger partial charge on any atom is 0.327 e. The van der Waals surface area contributed by atoms with Gasteiger partial charge in [-0.05, 0) is 24.1 Å². The average molecular weight is 267 g/mol. The number of phenols is 1. The highest BCUT2D eigenvalue weighted by Gasteiger charge is 2.21. The van der Waals surface area contributed by atoms with E-state index in [2.05, 4.69) is 5.32 Å². The Morgan fingerprint density at radius 2 is 1.84 bits per heavy atom. The Kier molecular flexibility index (Phi) is 5.28. The summed E-state index contributed by atoms with van der Waals surface area (Å²) in [5, 5.41) is 20.1. The molecule has 0 saturated heterocycles. The Balaban J connectivity index is 2.57. The third-order valence-corrected chi connectivity index (χ3v) is 2.58. The van der Waals surface area contributed by atoms with Gasteiger partial charge in [0.15, 0.2) is 0 Å². The topological polar surface area (TPSA) is 139 Å². The van der Waals surface area contributed by atoms with Crippen LogP contribution in [0.25, 0.3) is 0 Å². The Labute approximate surface area is 110 Å². The molecule has 0 aliphatic rings. The fourth-order valence-corrected chi connectivity index (χ4v) is 1.48. The van der Waals surface area contributed by atoms with E-state index in [0.717, 1.165) is 5.56 Å². The van der Waals surface area contributed by atoms with E-state index in [0.29, 0.717) is 0 Å². The number of nitrogens with two attached hydrogens (primary N) is 2. The second-order valence-corrected chi connectivity index (χ2v) is 4.11. The zero-order chi connectivity index (χ0) is 14.4. The van der Waals surface area contributed by atoms with Gasteiger partial charge in [0.1, 0.15) is 11.8 Å². The number of amides is 1. The molecular formula is C12H17N3O4. The Hall–Kier alpha value is -2.12. The second kappa shape index (κ2) is 6.72. The molecule has 1 rings (SSSR count). The monoisotopic (exact) mass is 267 g/mol. The second-order valence-electron chi connectivity index (χ2n) is 4.11. The molecule has 0 aromatic heterocycles. The zero-order valence-electron chi connectivity index (χ0n) is 10.2. The van der Waals surface area contributed by atoms with Gasteiger partial charge in [0, 0.05) is 6.54 Å². The minimum absolute atomic E-state index is 0.121. The predicted molar refractivity (Wildman–Crippen MR) is 68.4 cm³/mol. The van der Waals surface area contributed by atoms with Gasteiger partial charge in [0.25, 0.3) is 0 Å². The van der Waals surface area contributed by atoms with E-state index < -0.39 is 24.0 Å². The van der Waals surface area contributed by atoms with Crippen LogP contribution in [0.5, 0.6) is 5.75 Å². The Morgan fingerprint density at radius 3 is 2.32 bits per heavy atom. The molecule has 0 bridgehead atoms. The summed E-state index contributed by atoms with van der Waals surface area (Å²) in [5.41, 5.74) is 11.7. The number of hydrogen-bond acceptors (Lipinski definition) is 5. The highest BCUT2D eigenvalue weighted by Crippen LogP contribution is 2.10. The van der Waals surface area contributed by atoms with Gasteiger partial charge in [-0.3, -0.25) is 4.79 Å². The summed E-state index contributed by atoms with van der Waals surface area (Å²) in [6.45, 7) is -0.201. The zero-order valence-corrected chi connectivity index (χ0v) is 10.2.